The Kier molecular flexibility index (Phi) is 4.17. The number of aliphatic hydroxyl groups excluding tert-OH is 1. The molecule has 0 saturated heterocycles. The molecule has 0 unspecified atom stereocenters. The van der Waals surface area contributed by atoms with Crippen LogP contribution in [0.5, 0.6) is 17.4 Å². The van der Waals surface area contributed by atoms with Gasteiger partial charge in [-0.15, -0.1) is 0 Å². The Bertz CT molecular complexity index is 327. The number of aliphatic hydroxyl groups is 1. The minimum absolute atomic E-state index is 0.0466. The van der Waals surface area contributed by atoms with Crippen LogP contribution in [0.1, 0.15) is 25.5 Å². The molecule has 1 aromatic rings. The number of pyridine rings is 1. The Balaban J connectivity index is 2.78. The fourth-order valence-electron chi connectivity index (χ4n) is 1.05. The van der Waals surface area contributed by atoms with Gasteiger partial charge in [0.25, 0.3) is 5.88 Å². The first-order valence-electron chi connectivity index (χ1n) is 4.84. The molecule has 0 aliphatic heterocycles. The summed E-state index contributed by atoms with van der Waals surface area (Å²) in [7, 11) is 0. The van der Waals surface area contributed by atoms with Crippen molar-refractivity contribution in [2.45, 2.75) is 26.4 Å². The topological polar surface area (TPSA) is 82.8 Å². The molecule has 3 N–H and O–H groups in total. The monoisotopic (exact) mass is 213 g/mol. The lowest BCUT2D eigenvalue weighted by Gasteiger charge is -2.08. The van der Waals surface area contributed by atoms with E-state index in [0.29, 0.717) is 6.61 Å². The number of nitrogens with zero attached hydrogens (tertiary/aromatic N) is 1. The summed E-state index contributed by atoms with van der Waals surface area (Å²) in [6.45, 7) is 2.08. The van der Waals surface area contributed by atoms with Gasteiger partial charge in [-0.05, 0) is 6.42 Å². The smallest absolute Gasteiger partial charge is 0.257 e. The van der Waals surface area contributed by atoms with Gasteiger partial charge in [-0.3, -0.25) is 0 Å². The summed E-state index contributed by atoms with van der Waals surface area (Å²) < 4.78 is 5.19. The van der Waals surface area contributed by atoms with E-state index < -0.39 is 6.61 Å². The van der Waals surface area contributed by atoms with Crippen LogP contribution in [0.15, 0.2) is 6.07 Å². The molecule has 0 radical (unpaired) electrons. The Morgan fingerprint density at radius 3 is 2.67 bits per heavy atom. The van der Waals surface area contributed by atoms with Crippen molar-refractivity contribution in [2.24, 2.45) is 0 Å². The van der Waals surface area contributed by atoms with Gasteiger partial charge in [0.2, 0.25) is 0 Å². The molecule has 5 heteroatoms. The maximum atomic E-state index is 9.38. The zero-order chi connectivity index (χ0) is 11.3. The summed E-state index contributed by atoms with van der Waals surface area (Å²) in [4.78, 5) is 3.79. The average molecular weight is 213 g/mol. The predicted octanol–water partition coefficient (Wildman–Crippen LogP) is 1.16. The first kappa shape index (κ1) is 11.6. The van der Waals surface area contributed by atoms with Crippen LogP contribution >= 0.6 is 0 Å². The van der Waals surface area contributed by atoms with Gasteiger partial charge < -0.3 is 20.1 Å². The lowest BCUT2D eigenvalue weighted by atomic mass is 10.3. The maximum Gasteiger partial charge on any atom is 0.257 e. The molecular weight excluding hydrogens is 198 g/mol. The summed E-state index contributed by atoms with van der Waals surface area (Å²) in [5, 5.41) is 27.5. The van der Waals surface area contributed by atoms with Gasteiger partial charge in [0.15, 0.2) is 5.75 Å². The van der Waals surface area contributed by atoms with Crippen LogP contribution in [-0.4, -0.2) is 26.9 Å². The third-order valence-electron chi connectivity index (χ3n) is 1.91. The number of unbranched alkanes of at least 4 members (excludes halogenated alkanes) is 1. The molecule has 84 valence electrons. The lowest BCUT2D eigenvalue weighted by Crippen LogP contribution is -2.01. The first-order valence-corrected chi connectivity index (χ1v) is 4.84. The van der Waals surface area contributed by atoms with Crippen LogP contribution in [0.25, 0.3) is 0 Å². The van der Waals surface area contributed by atoms with E-state index in [4.69, 9.17) is 9.84 Å². The first-order chi connectivity index (χ1) is 7.19. The highest BCUT2D eigenvalue weighted by atomic mass is 16.5. The Morgan fingerprint density at radius 2 is 2.07 bits per heavy atom. The van der Waals surface area contributed by atoms with Crippen molar-refractivity contribution < 1.29 is 20.1 Å². The molecule has 0 aliphatic carbocycles. The zero-order valence-corrected chi connectivity index (χ0v) is 8.60. The normalized spacial score (nSPS) is 10.3. The second kappa shape index (κ2) is 5.41. The highest BCUT2D eigenvalue weighted by Gasteiger charge is 2.10. The van der Waals surface area contributed by atoms with Gasteiger partial charge >= 0.3 is 0 Å². The molecule has 15 heavy (non-hydrogen) atoms. The summed E-state index contributed by atoms with van der Waals surface area (Å²) >= 11 is 0. The van der Waals surface area contributed by atoms with Crippen LogP contribution in [0.4, 0.5) is 0 Å². The molecule has 0 aliphatic rings. The largest absolute Gasteiger partial charge is 0.506 e. The van der Waals surface area contributed by atoms with Crippen molar-refractivity contribution in [1.29, 1.82) is 0 Å². The number of ether oxygens (including phenoxy) is 1. The molecule has 0 spiro atoms. The van der Waals surface area contributed by atoms with E-state index in [0.717, 1.165) is 18.9 Å². The van der Waals surface area contributed by atoms with E-state index in [1.54, 1.807) is 0 Å². The van der Waals surface area contributed by atoms with Gasteiger partial charge in [-0.2, -0.15) is 0 Å². The maximum absolute atomic E-state index is 9.38. The van der Waals surface area contributed by atoms with Crippen molar-refractivity contribution in [2.75, 3.05) is 6.61 Å². The molecular formula is C10H15NO4. The third kappa shape index (κ3) is 2.99. The van der Waals surface area contributed by atoms with Crippen LogP contribution < -0.4 is 4.74 Å². The second-order valence-corrected chi connectivity index (χ2v) is 3.14. The molecule has 0 aromatic carbocycles. The molecule has 0 atom stereocenters. The third-order valence-corrected chi connectivity index (χ3v) is 1.91. The fourth-order valence-corrected chi connectivity index (χ4v) is 1.05. The average Bonchev–Trinajstić information content (AvgIpc) is 2.21. The van der Waals surface area contributed by atoms with Crippen molar-refractivity contribution in [1.82, 2.24) is 4.98 Å². The molecule has 1 rings (SSSR count). The Hall–Kier alpha value is -1.49. The zero-order valence-electron chi connectivity index (χ0n) is 8.60. The molecule has 5 nitrogen and oxygen atoms in total. The fraction of sp³-hybridized carbons (Fsp3) is 0.500. The lowest BCUT2D eigenvalue weighted by molar-refractivity contribution is 0.254. The quantitative estimate of drug-likeness (QED) is 0.639. The second-order valence-electron chi connectivity index (χ2n) is 3.14. The van der Waals surface area contributed by atoms with Gasteiger partial charge in [-0.25, -0.2) is 4.98 Å². The summed E-state index contributed by atoms with van der Waals surface area (Å²) in [6.07, 6.45) is 1.84. The van der Waals surface area contributed by atoms with Crippen molar-refractivity contribution >= 4 is 0 Å². The van der Waals surface area contributed by atoms with E-state index >= 15 is 0 Å². The number of aromatic nitrogens is 1. The SMILES string of the molecule is CCCCOc1nc(CO)c(O)cc1O. The summed E-state index contributed by atoms with van der Waals surface area (Å²) in [5.74, 6) is -0.413. The molecule has 0 fully saturated rings. The number of hydrogen-bond acceptors (Lipinski definition) is 5. The van der Waals surface area contributed by atoms with E-state index in [9.17, 15) is 10.2 Å². The van der Waals surface area contributed by atoms with Crippen molar-refractivity contribution in [3.8, 4) is 17.4 Å². The van der Waals surface area contributed by atoms with E-state index in [-0.39, 0.29) is 23.1 Å². The Labute approximate surface area is 88.0 Å². The molecule has 0 amide bonds. The molecule has 0 saturated carbocycles. The number of aromatic hydroxyl groups is 2. The molecule has 1 heterocycles. The van der Waals surface area contributed by atoms with E-state index in [1.165, 1.54) is 0 Å². The van der Waals surface area contributed by atoms with Gasteiger partial charge in [-0.1, -0.05) is 13.3 Å². The van der Waals surface area contributed by atoms with Crippen LogP contribution in [0.2, 0.25) is 0 Å². The number of rotatable bonds is 5. The van der Waals surface area contributed by atoms with Crippen molar-refractivity contribution in [3.05, 3.63) is 11.8 Å². The minimum atomic E-state index is -0.393. The highest BCUT2D eigenvalue weighted by Crippen LogP contribution is 2.29. The minimum Gasteiger partial charge on any atom is -0.506 e. The summed E-state index contributed by atoms with van der Waals surface area (Å²) in [6, 6.07) is 1.11. The van der Waals surface area contributed by atoms with Gasteiger partial charge in [0, 0.05) is 6.07 Å². The van der Waals surface area contributed by atoms with Crippen LogP contribution in [0, 0.1) is 0 Å². The Morgan fingerprint density at radius 1 is 1.33 bits per heavy atom. The van der Waals surface area contributed by atoms with Crippen LogP contribution in [-0.2, 0) is 6.61 Å². The predicted molar refractivity (Wildman–Crippen MR) is 53.9 cm³/mol. The van der Waals surface area contributed by atoms with Gasteiger partial charge in [0.1, 0.15) is 11.4 Å². The summed E-state index contributed by atoms with van der Waals surface area (Å²) in [5.41, 5.74) is 0.0966. The standard InChI is InChI=1S/C10H15NO4/c1-2-3-4-15-10-9(14)5-8(13)7(6-12)11-10/h5,12-14H,2-4,6H2,1H3. The van der Waals surface area contributed by atoms with E-state index in [2.05, 4.69) is 4.98 Å². The number of hydrogen-bond donors (Lipinski definition) is 3. The molecule has 1 aromatic heterocycles. The van der Waals surface area contributed by atoms with E-state index in [1.807, 2.05) is 6.92 Å². The van der Waals surface area contributed by atoms with Crippen LogP contribution in [0.3, 0.4) is 0 Å². The van der Waals surface area contributed by atoms with Gasteiger partial charge in [0.05, 0.1) is 13.2 Å². The molecule has 0 bridgehead atoms. The van der Waals surface area contributed by atoms with Crippen molar-refractivity contribution in [3.63, 3.8) is 0 Å². The highest BCUT2D eigenvalue weighted by molar-refractivity contribution is 5.41.